The predicted octanol–water partition coefficient (Wildman–Crippen LogP) is 3.02. The molecule has 0 saturated carbocycles. The van der Waals surface area contributed by atoms with Gasteiger partial charge in [-0.25, -0.2) is 0 Å². The molecule has 1 aromatic carbocycles. The Labute approximate surface area is 103 Å². The average Bonchev–Trinajstić information content (AvgIpc) is 2.30. The lowest BCUT2D eigenvalue weighted by molar-refractivity contribution is 0.531. The summed E-state index contributed by atoms with van der Waals surface area (Å²) < 4.78 is 0. The monoisotopic (exact) mass is 235 g/mol. The molecule has 88 valence electrons. The van der Waals surface area contributed by atoms with Crippen LogP contribution in [0.5, 0.6) is 0 Å². The molecule has 0 bridgehead atoms. The largest absolute Gasteiger partial charge is 0.317 e. The van der Waals surface area contributed by atoms with E-state index in [2.05, 4.69) is 48.3 Å². The fourth-order valence-electron chi connectivity index (χ4n) is 2.17. The van der Waals surface area contributed by atoms with Crippen LogP contribution in [0.2, 0.25) is 0 Å². The summed E-state index contributed by atoms with van der Waals surface area (Å²) >= 11 is 2.16. The molecule has 1 aliphatic heterocycles. The van der Waals surface area contributed by atoms with Gasteiger partial charge >= 0.3 is 0 Å². The van der Waals surface area contributed by atoms with E-state index in [1.807, 2.05) is 0 Å². The van der Waals surface area contributed by atoms with Crippen LogP contribution in [-0.4, -0.2) is 24.1 Å². The smallest absolute Gasteiger partial charge is 0.00713 e. The summed E-state index contributed by atoms with van der Waals surface area (Å²) in [7, 11) is 0. The van der Waals surface area contributed by atoms with Crippen LogP contribution in [0.25, 0.3) is 0 Å². The molecule has 1 fully saturated rings. The number of hydrogen-bond acceptors (Lipinski definition) is 2. The van der Waals surface area contributed by atoms with E-state index in [0.29, 0.717) is 0 Å². The number of nitrogens with one attached hydrogen (secondary N) is 1. The molecule has 16 heavy (non-hydrogen) atoms. The van der Waals surface area contributed by atoms with Gasteiger partial charge in [0.1, 0.15) is 0 Å². The second-order valence-electron chi connectivity index (χ2n) is 4.56. The van der Waals surface area contributed by atoms with Gasteiger partial charge in [0.2, 0.25) is 0 Å². The van der Waals surface area contributed by atoms with E-state index >= 15 is 0 Å². The molecular formula is C14H21NS. The second kappa shape index (κ2) is 6.31. The van der Waals surface area contributed by atoms with Crippen LogP contribution in [0.1, 0.15) is 24.0 Å². The quantitative estimate of drug-likeness (QED) is 0.861. The van der Waals surface area contributed by atoms with Crippen LogP contribution in [0.15, 0.2) is 24.3 Å². The molecule has 1 heterocycles. The van der Waals surface area contributed by atoms with Crippen LogP contribution in [0.4, 0.5) is 0 Å². The zero-order valence-corrected chi connectivity index (χ0v) is 10.9. The highest BCUT2D eigenvalue weighted by Gasteiger charge is 2.12. The normalized spacial score (nSPS) is 17.6. The van der Waals surface area contributed by atoms with Gasteiger partial charge in [0.05, 0.1) is 0 Å². The summed E-state index contributed by atoms with van der Waals surface area (Å²) in [5.41, 5.74) is 2.87. The average molecular weight is 235 g/mol. The first kappa shape index (κ1) is 12.0. The number of rotatable bonds is 4. The minimum atomic E-state index is 0.894. The van der Waals surface area contributed by atoms with E-state index in [1.165, 1.54) is 49.2 Å². The first-order valence-corrected chi connectivity index (χ1v) is 7.27. The molecule has 0 aliphatic carbocycles. The lowest BCUT2D eigenvalue weighted by atomic mass is 10.1. The Morgan fingerprint density at radius 1 is 1.31 bits per heavy atom. The maximum absolute atomic E-state index is 3.42. The van der Waals surface area contributed by atoms with Crippen molar-refractivity contribution in [1.29, 1.82) is 0 Å². The summed E-state index contributed by atoms with van der Waals surface area (Å²) in [4.78, 5) is 0. The Kier molecular flexibility index (Phi) is 4.73. The van der Waals surface area contributed by atoms with Gasteiger partial charge in [0.25, 0.3) is 0 Å². The molecule has 1 nitrogen and oxygen atoms in total. The molecular weight excluding hydrogens is 214 g/mol. The molecule has 1 aliphatic rings. The Bertz CT molecular complexity index is 318. The first-order chi connectivity index (χ1) is 7.84. The molecule has 2 rings (SSSR count). The predicted molar refractivity (Wildman–Crippen MR) is 73.2 cm³/mol. The van der Waals surface area contributed by atoms with E-state index < -0.39 is 0 Å². The van der Waals surface area contributed by atoms with Crippen LogP contribution >= 0.6 is 11.8 Å². The topological polar surface area (TPSA) is 12.0 Å². The van der Waals surface area contributed by atoms with Gasteiger partial charge in [-0.15, -0.1) is 0 Å². The van der Waals surface area contributed by atoms with Gasteiger partial charge in [0, 0.05) is 5.25 Å². The van der Waals surface area contributed by atoms with Crippen molar-refractivity contribution in [3.8, 4) is 0 Å². The van der Waals surface area contributed by atoms with Gasteiger partial charge in [-0.3, -0.25) is 0 Å². The second-order valence-corrected chi connectivity index (χ2v) is 5.97. The van der Waals surface area contributed by atoms with Gasteiger partial charge in [-0.2, -0.15) is 11.8 Å². The number of thioether (sulfide) groups is 1. The Morgan fingerprint density at radius 3 is 2.88 bits per heavy atom. The SMILES string of the molecule is Cc1cccc(CCSC2CCNCC2)c1. The maximum atomic E-state index is 3.42. The maximum Gasteiger partial charge on any atom is 0.00713 e. The zero-order chi connectivity index (χ0) is 11.2. The van der Waals surface area contributed by atoms with Gasteiger partial charge in [-0.1, -0.05) is 29.8 Å². The lowest BCUT2D eigenvalue weighted by Gasteiger charge is -2.21. The highest BCUT2D eigenvalue weighted by Crippen LogP contribution is 2.21. The molecule has 0 atom stereocenters. The van der Waals surface area contributed by atoms with Gasteiger partial charge in [-0.05, 0) is 50.6 Å². The van der Waals surface area contributed by atoms with Gasteiger partial charge in [0.15, 0.2) is 0 Å². The molecule has 0 radical (unpaired) electrons. The Morgan fingerprint density at radius 2 is 2.12 bits per heavy atom. The van der Waals surface area contributed by atoms with Crippen molar-refractivity contribution < 1.29 is 0 Å². The summed E-state index contributed by atoms with van der Waals surface area (Å²) in [5.74, 6) is 1.27. The summed E-state index contributed by atoms with van der Waals surface area (Å²) in [6.07, 6.45) is 3.91. The molecule has 1 N–H and O–H groups in total. The van der Waals surface area contributed by atoms with Crippen molar-refractivity contribution in [2.45, 2.75) is 31.4 Å². The molecule has 1 saturated heterocycles. The fourth-order valence-corrected chi connectivity index (χ4v) is 3.43. The highest BCUT2D eigenvalue weighted by atomic mass is 32.2. The molecule has 1 aromatic rings. The third-order valence-electron chi connectivity index (χ3n) is 3.11. The third kappa shape index (κ3) is 3.84. The zero-order valence-electron chi connectivity index (χ0n) is 10.0. The van der Waals surface area contributed by atoms with Crippen molar-refractivity contribution in [2.75, 3.05) is 18.8 Å². The van der Waals surface area contributed by atoms with E-state index in [0.717, 1.165) is 5.25 Å². The summed E-state index contributed by atoms with van der Waals surface area (Å²) in [5, 5.41) is 4.31. The number of benzene rings is 1. The van der Waals surface area contributed by atoms with Crippen LogP contribution < -0.4 is 5.32 Å². The minimum absolute atomic E-state index is 0.894. The third-order valence-corrected chi connectivity index (χ3v) is 4.50. The first-order valence-electron chi connectivity index (χ1n) is 6.22. The van der Waals surface area contributed by atoms with Gasteiger partial charge < -0.3 is 5.32 Å². The van der Waals surface area contributed by atoms with Crippen LogP contribution in [0, 0.1) is 6.92 Å². The summed E-state index contributed by atoms with van der Waals surface area (Å²) in [6, 6.07) is 8.89. The van der Waals surface area contributed by atoms with Crippen molar-refractivity contribution in [2.24, 2.45) is 0 Å². The molecule has 2 heteroatoms. The molecule has 0 spiro atoms. The standard InChI is InChI=1S/C14H21NS/c1-12-3-2-4-13(11-12)7-10-16-14-5-8-15-9-6-14/h2-4,11,14-15H,5-10H2,1H3. The summed E-state index contributed by atoms with van der Waals surface area (Å²) in [6.45, 7) is 4.59. The Hall–Kier alpha value is -0.470. The van der Waals surface area contributed by atoms with Crippen molar-refractivity contribution in [3.63, 3.8) is 0 Å². The number of piperidine rings is 1. The van der Waals surface area contributed by atoms with Crippen LogP contribution in [0.3, 0.4) is 0 Å². The minimum Gasteiger partial charge on any atom is -0.317 e. The highest BCUT2D eigenvalue weighted by molar-refractivity contribution is 7.99. The van der Waals surface area contributed by atoms with Crippen molar-refractivity contribution in [1.82, 2.24) is 5.32 Å². The van der Waals surface area contributed by atoms with E-state index in [9.17, 15) is 0 Å². The molecule has 0 aromatic heterocycles. The van der Waals surface area contributed by atoms with E-state index in [1.54, 1.807) is 0 Å². The molecule has 0 amide bonds. The van der Waals surface area contributed by atoms with E-state index in [-0.39, 0.29) is 0 Å². The molecule has 0 unspecified atom stereocenters. The van der Waals surface area contributed by atoms with Crippen LogP contribution in [-0.2, 0) is 6.42 Å². The Balaban J connectivity index is 1.71. The fraction of sp³-hybridized carbons (Fsp3) is 0.571. The van der Waals surface area contributed by atoms with Crippen molar-refractivity contribution in [3.05, 3.63) is 35.4 Å². The number of hydrogen-bond donors (Lipinski definition) is 1. The van der Waals surface area contributed by atoms with E-state index in [4.69, 9.17) is 0 Å². The number of aryl methyl sites for hydroxylation is 2. The lowest BCUT2D eigenvalue weighted by Crippen LogP contribution is -2.29. The van der Waals surface area contributed by atoms with Crippen molar-refractivity contribution >= 4 is 11.8 Å².